The van der Waals surface area contributed by atoms with E-state index in [2.05, 4.69) is 19.1 Å². The second-order valence-electron chi connectivity index (χ2n) is 6.37. The molecule has 0 amide bonds. The van der Waals surface area contributed by atoms with Crippen molar-refractivity contribution in [2.45, 2.75) is 77.6 Å². The largest absolute Gasteiger partial charge is 0.507 e. The van der Waals surface area contributed by atoms with Gasteiger partial charge in [-0.25, -0.2) is 0 Å². The van der Waals surface area contributed by atoms with Gasteiger partial charge in [0.05, 0.1) is 0 Å². The van der Waals surface area contributed by atoms with Crippen LogP contribution in [0.3, 0.4) is 0 Å². The monoisotopic (exact) mass is 332 g/mol. The molecule has 0 aromatic heterocycles. The lowest BCUT2D eigenvalue weighted by Crippen LogP contribution is -2.00. The van der Waals surface area contributed by atoms with Gasteiger partial charge in [-0.3, -0.25) is 4.79 Å². The van der Waals surface area contributed by atoms with Gasteiger partial charge in [0.1, 0.15) is 17.1 Å². The van der Waals surface area contributed by atoms with Gasteiger partial charge in [-0.2, -0.15) is 0 Å². The van der Waals surface area contributed by atoms with Crippen molar-refractivity contribution < 1.29 is 15.0 Å². The highest BCUT2D eigenvalue weighted by molar-refractivity contribution is 6.01. The smallest absolute Gasteiger partial charge is 0.170 e. The number of carbonyl (C=O) groups excluding carboxylic acids is 1. The van der Waals surface area contributed by atoms with Crippen molar-refractivity contribution in [3.8, 4) is 11.5 Å². The molecule has 0 aliphatic rings. The first-order chi connectivity index (χ1) is 11.7. The van der Waals surface area contributed by atoms with Gasteiger partial charge in [0.2, 0.25) is 0 Å². The molecule has 0 saturated carbocycles. The molecule has 0 saturated heterocycles. The van der Waals surface area contributed by atoms with Gasteiger partial charge in [-0.1, -0.05) is 57.2 Å². The Morgan fingerprint density at radius 2 is 1.42 bits per heavy atom. The summed E-state index contributed by atoms with van der Waals surface area (Å²) >= 11 is 0. The van der Waals surface area contributed by atoms with Crippen molar-refractivity contribution in [3.05, 3.63) is 35.9 Å². The van der Waals surface area contributed by atoms with E-state index >= 15 is 0 Å². The Morgan fingerprint density at radius 3 is 2.04 bits per heavy atom. The Labute approximate surface area is 146 Å². The van der Waals surface area contributed by atoms with Crippen LogP contribution in [-0.2, 0) is 0 Å². The molecule has 3 heteroatoms. The van der Waals surface area contributed by atoms with Crippen LogP contribution in [0.2, 0.25) is 0 Å². The topological polar surface area (TPSA) is 57.5 Å². The van der Waals surface area contributed by atoms with E-state index in [0.29, 0.717) is 6.42 Å². The summed E-state index contributed by atoms with van der Waals surface area (Å²) < 4.78 is 0. The van der Waals surface area contributed by atoms with Crippen molar-refractivity contribution in [3.63, 3.8) is 0 Å². The number of phenolic OH excluding ortho intramolecular Hbond substituents is 2. The van der Waals surface area contributed by atoms with Gasteiger partial charge in [-0.15, -0.1) is 0 Å². The number of aromatic hydroxyl groups is 2. The number of rotatable bonds is 13. The van der Waals surface area contributed by atoms with Crippen LogP contribution in [0.25, 0.3) is 0 Å². The fourth-order valence-electron chi connectivity index (χ4n) is 2.76. The summed E-state index contributed by atoms with van der Waals surface area (Å²) in [6, 6.07) is 4.39. The maximum absolute atomic E-state index is 12.0. The predicted molar refractivity (Wildman–Crippen MR) is 99.7 cm³/mol. The quantitative estimate of drug-likeness (QED) is 0.259. The van der Waals surface area contributed by atoms with E-state index < -0.39 is 0 Å². The normalized spacial score (nSPS) is 11.2. The molecule has 0 unspecified atom stereocenters. The summed E-state index contributed by atoms with van der Waals surface area (Å²) in [5.41, 5.74) is 0.0608. The van der Waals surface area contributed by atoms with E-state index in [1.54, 1.807) is 0 Å². The highest BCUT2D eigenvalue weighted by atomic mass is 16.3. The van der Waals surface area contributed by atoms with Crippen LogP contribution in [0, 0.1) is 0 Å². The molecule has 0 radical (unpaired) electrons. The second-order valence-corrected chi connectivity index (χ2v) is 6.37. The number of hydrogen-bond donors (Lipinski definition) is 2. The number of carbonyl (C=O) groups is 1. The van der Waals surface area contributed by atoms with E-state index in [4.69, 9.17) is 0 Å². The highest BCUT2D eigenvalue weighted by Gasteiger charge is 2.15. The number of unbranched alkanes of at least 4 members (excludes halogenated alkanes) is 8. The fourth-order valence-corrected chi connectivity index (χ4v) is 2.76. The lowest BCUT2D eigenvalue weighted by atomic mass is 10.0. The average molecular weight is 332 g/mol. The summed E-state index contributed by atoms with van der Waals surface area (Å²) in [6.45, 7) is 2.22. The Kier molecular flexibility index (Phi) is 10.7. The summed E-state index contributed by atoms with van der Waals surface area (Å²) in [5, 5.41) is 19.3. The Balaban J connectivity index is 2.05. The lowest BCUT2D eigenvalue weighted by Gasteiger charge is -2.06. The van der Waals surface area contributed by atoms with Crippen LogP contribution in [0.1, 0.15) is 87.9 Å². The first-order valence-electron chi connectivity index (χ1n) is 9.36. The number of ketones is 1. The van der Waals surface area contributed by atoms with Gasteiger partial charge in [0, 0.05) is 6.42 Å². The van der Waals surface area contributed by atoms with Crippen molar-refractivity contribution in [2.75, 3.05) is 0 Å². The van der Waals surface area contributed by atoms with Crippen LogP contribution in [-0.4, -0.2) is 16.0 Å². The molecule has 0 spiro atoms. The number of benzene rings is 1. The molecule has 0 heterocycles. The molecular weight excluding hydrogens is 300 g/mol. The molecule has 0 aliphatic carbocycles. The van der Waals surface area contributed by atoms with Gasteiger partial charge in [0.25, 0.3) is 0 Å². The van der Waals surface area contributed by atoms with Gasteiger partial charge in [0.15, 0.2) is 5.78 Å². The van der Waals surface area contributed by atoms with Gasteiger partial charge in [-0.05, 0) is 44.2 Å². The zero-order valence-corrected chi connectivity index (χ0v) is 15.0. The Morgan fingerprint density at radius 1 is 0.875 bits per heavy atom. The Bertz CT molecular complexity index is 486. The third-order valence-electron chi connectivity index (χ3n) is 4.21. The summed E-state index contributed by atoms with van der Waals surface area (Å²) in [7, 11) is 0. The maximum atomic E-state index is 12.0. The lowest BCUT2D eigenvalue weighted by molar-refractivity contribution is 0.0974. The zero-order valence-electron chi connectivity index (χ0n) is 15.0. The minimum Gasteiger partial charge on any atom is -0.507 e. The molecule has 1 aromatic carbocycles. The maximum Gasteiger partial charge on any atom is 0.170 e. The average Bonchev–Trinajstić information content (AvgIpc) is 2.55. The zero-order chi connectivity index (χ0) is 17.6. The summed E-state index contributed by atoms with van der Waals surface area (Å²) in [6.07, 6.45) is 16.6. The van der Waals surface area contributed by atoms with E-state index in [0.717, 1.165) is 25.7 Å². The highest BCUT2D eigenvalue weighted by Crippen LogP contribution is 2.28. The minimum absolute atomic E-state index is 0.0608. The third-order valence-corrected chi connectivity index (χ3v) is 4.21. The van der Waals surface area contributed by atoms with Crippen molar-refractivity contribution in [1.29, 1.82) is 0 Å². The molecule has 0 fully saturated rings. The molecule has 0 aliphatic heterocycles. The second kappa shape index (κ2) is 12.6. The third kappa shape index (κ3) is 8.19. The number of phenols is 2. The van der Waals surface area contributed by atoms with Crippen LogP contribution in [0.5, 0.6) is 11.5 Å². The Hall–Kier alpha value is -1.77. The van der Waals surface area contributed by atoms with E-state index in [-0.39, 0.29) is 22.8 Å². The van der Waals surface area contributed by atoms with Crippen LogP contribution in [0.4, 0.5) is 0 Å². The molecule has 2 N–H and O–H groups in total. The van der Waals surface area contributed by atoms with E-state index in [1.807, 2.05) is 0 Å². The van der Waals surface area contributed by atoms with Gasteiger partial charge >= 0.3 is 0 Å². The molecule has 0 atom stereocenters. The van der Waals surface area contributed by atoms with Crippen LogP contribution < -0.4 is 0 Å². The van der Waals surface area contributed by atoms with E-state index in [1.165, 1.54) is 56.7 Å². The summed E-state index contributed by atoms with van der Waals surface area (Å²) in [5.74, 6) is -0.447. The molecule has 134 valence electrons. The number of Topliss-reactive ketones (excluding diaryl/α,β-unsaturated/α-hetero) is 1. The van der Waals surface area contributed by atoms with Crippen LogP contribution >= 0.6 is 0 Å². The first-order valence-corrected chi connectivity index (χ1v) is 9.36. The van der Waals surface area contributed by atoms with Crippen molar-refractivity contribution in [2.24, 2.45) is 0 Å². The van der Waals surface area contributed by atoms with Gasteiger partial charge < -0.3 is 10.2 Å². The van der Waals surface area contributed by atoms with Crippen molar-refractivity contribution >= 4 is 5.78 Å². The summed E-state index contributed by atoms with van der Waals surface area (Å²) in [4.78, 5) is 12.0. The molecule has 1 aromatic rings. The first kappa shape index (κ1) is 20.3. The molecule has 0 bridgehead atoms. The standard InChI is InChI=1S/C21H32O3/c1-2-3-4-5-6-7-8-9-10-11-12-13-15-18(22)21-19(23)16-14-17-20(21)24/h6-7,14,16-17,23-24H,2-5,8-13,15H2,1H3. The molecule has 24 heavy (non-hydrogen) atoms. The SMILES string of the molecule is CCCCCC=CCCCCCCCC(=O)c1c(O)cccc1O. The van der Waals surface area contributed by atoms with E-state index in [9.17, 15) is 15.0 Å². The molecular formula is C21H32O3. The molecule has 1 rings (SSSR count). The minimum atomic E-state index is -0.180. The molecule has 3 nitrogen and oxygen atoms in total. The fraction of sp³-hybridized carbons (Fsp3) is 0.571. The number of allylic oxidation sites excluding steroid dienone is 2. The van der Waals surface area contributed by atoms with Crippen LogP contribution in [0.15, 0.2) is 30.4 Å². The number of hydrogen-bond acceptors (Lipinski definition) is 3. The van der Waals surface area contributed by atoms with Crippen molar-refractivity contribution in [1.82, 2.24) is 0 Å². The predicted octanol–water partition coefficient (Wildman–Crippen LogP) is 6.15.